The minimum absolute atomic E-state index is 0.460. The Morgan fingerprint density at radius 1 is 1.43 bits per heavy atom. The molecular weight excluding hydrogens is 176 g/mol. The maximum atomic E-state index is 9.75. The zero-order valence-electron chi connectivity index (χ0n) is 8.66. The molecule has 1 rings (SSSR count). The van der Waals surface area contributed by atoms with Crippen molar-refractivity contribution >= 4 is 0 Å². The summed E-state index contributed by atoms with van der Waals surface area (Å²) in [6, 6.07) is 7.42. The van der Waals surface area contributed by atoms with Crippen molar-refractivity contribution in [2.45, 2.75) is 19.4 Å². The summed E-state index contributed by atoms with van der Waals surface area (Å²) >= 11 is 0. The van der Waals surface area contributed by atoms with Gasteiger partial charge in [0, 0.05) is 0 Å². The van der Waals surface area contributed by atoms with Gasteiger partial charge in [0.2, 0.25) is 0 Å². The zero-order valence-corrected chi connectivity index (χ0v) is 8.66. The average molecular weight is 192 g/mol. The summed E-state index contributed by atoms with van der Waals surface area (Å²) in [6.07, 6.45) is 0.144. The number of rotatable bonds is 4. The van der Waals surface area contributed by atoms with E-state index in [1.54, 1.807) is 7.11 Å². The Balaban J connectivity index is 2.71. The van der Waals surface area contributed by atoms with Gasteiger partial charge in [0.15, 0.2) is 0 Å². The molecule has 2 nitrogen and oxygen atoms in total. The van der Waals surface area contributed by atoms with Gasteiger partial charge in [0.25, 0.3) is 0 Å². The van der Waals surface area contributed by atoms with Gasteiger partial charge < -0.3 is 9.84 Å². The molecule has 2 heteroatoms. The Labute approximate surface area is 84.8 Å². The van der Waals surface area contributed by atoms with E-state index in [0.29, 0.717) is 6.42 Å². The van der Waals surface area contributed by atoms with Crippen LogP contribution in [-0.4, -0.2) is 12.2 Å². The zero-order chi connectivity index (χ0) is 10.6. The highest BCUT2D eigenvalue weighted by molar-refractivity contribution is 5.28. The van der Waals surface area contributed by atoms with E-state index in [0.717, 1.165) is 16.9 Å². The second kappa shape index (κ2) is 4.82. The molecule has 76 valence electrons. The lowest BCUT2D eigenvalue weighted by Crippen LogP contribution is -1.97. The van der Waals surface area contributed by atoms with Gasteiger partial charge >= 0.3 is 0 Å². The third kappa shape index (κ3) is 2.89. The molecule has 0 saturated carbocycles. The molecule has 1 atom stereocenters. The van der Waals surface area contributed by atoms with Crippen LogP contribution in [0.3, 0.4) is 0 Å². The van der Waals surface area contributed by atoms with E-state index < -0.39 is 6.10 Å². The summed E-state index contributed by atoms with van der Waals surface area (Å²) in [5, 5.41) is 9.75. The van der Waals surface area contributed by atoms with E-state index in [4.69, 9.17) is 4.74 Å². The average Bonchev–Trinajstić information content (AvgIpc) is 2.17. The van der Waals surface area contributed by atoms with Crippen LogP contribution in [0.2, 0.25) is 0 Å². The summed E-state index contributed by atoms with van der Waals surface area (Å²) in [7, 11) is 1.62. The van der Waals surface area contributed by atoms with Gasteiger partial charge in [0.05, 0.1) is 13.2 Å². The van der Waals surface area contributed by atoms with Crippen LogP contribution in [0.1, 0.15) is 25.0 Å². The monoisotopic (exact) mass is 192 g/mol. The SMILES string of the molecule is C=C(C)C[C@H](O)c1ccc(OC)cc1. The van der Waals surface area contributed by atoms with Crippen molar-refractivity contribution in [3.63, 3.8) is 0 Å². The number of hydrogen-bond acceptors (Lipinski definition) is 2. The summed E-state index contributed by atoms with van der Waals surface area (Å²) in [5.41, 5.74) is 1.88. The predicted octanol–water partition coefficient (Wildman–Crippen LogP) is 2.69. The van der Waals surface area contributed by atoms with Gasteiger partial charge in [-0.3, -0.25) is 0 Å². The molecule has 0 heterocycles. The van der Waals surface area contributed by atoms with E-state index in [1.165, 1.54) is 0 Å². The molecule has 14 heavy (non-hydrogen) atoms. The lowest BCUT2D eigenvalue weighted by molar-refractivity contribution is 0.178. The Morgan fingerprint density at radius 2 is 2.00 bits per heavy atom. The number of hydrogen-bond donors (Lipinski definition) is 1. The molecule has 1 aromatic rings. The molecule has 1 aromatic carbocycles. The number of benzene rings is 1. The van der Waals surface area contributed by atoms with E-state index in [-0.39, 0.29) is 0 Å². The van der Waals surface area contributed by atoms with Crippen molar-refractivity contribution in [1.29, 1.82) is 0 Å². The number of ether oxygens (including phenoxy) is 1. The van der Waals surface area contributed by atoms with Gasteiger partial charge in [-0.05, 0) is 31.0 Å². The largest absolute Gasteiger partial charge is 0.497 e. The summed E-state index contributed by atoms with van der Waals surface area (Å²) in [5.74, 6) is 0.802. The fourth-order valence-corrected chi connectivity index (χ4v) is 1.27. The molecule has 0 amide bonds. The van der Waals surface area contributed by atoms with Crippen LogP contribution in [0.25, 0.3) is 0 Å². The summed E-state index contributed by atoms with van der Waals surface area (Å²) in [6.45, 7) is 5.68. The molecule has 0 aromatic heterocycles. The first-order valence-electron chi connectivity index (χ1n) is 4.60. The molecule has 0 aliphatic rings. The predicted molar refractivity (Wildman–Crippen MR) is 57.4 cm³/mol. The highest BCUT2D eigenvalue weighted by Gasteiger charge is 2.06. The topological polar surface area (TPSA) is 29.5 Å². The second-order valence-electron chi connectivity index (χ2n) is 3.45. The molecule has 0 saturated heterocycles. The normalized spacial score (nSPS) is 12.2. The van der Waals surface area contributed by atoms with Crippen molar-refractivity contribution in [3.05, 3.63) is 42.0 Å². The van der Waals surface area contributed by atoms with Crippen molar-refractivity contribution in [2.75, 3.05) is 7.11 Å². The lowest BCUT2D eigenvalue weighted by atomic mass is 10.0. The molecule has 0 aliphatic carbocycles. The molecule has 1 N–H and O–H groups in total. The number of aliphatic hydroxyl groups excluding tert-OH is 1. The number of aliphatic hydroxyl groups is 1. The van der Waals surface area contributed by atoms with Crippen LogP contribution >= 0.6 is 0 Å². The molecule has 0 spiro atoms. The van der Waals surface area contributed by atoms with Crippen LogP contribution in [-0.2, 0) is 0 Å². The van der Waals surface area contributed by atoms with Gasteiger partial charge in [-0.1, -0.05) is 17.7 Å². The fraction of sp³-hybridized carbons (Fsp3) is 0.333. The molecular formula is C12H16O2. The quantitative estimate of drug-likeness (QED) is 0.743. The molecule has 0 fully saturated rings. The van der Waals surface area contributed by atoms with Crippen LogP contribution in [0.5, 0.6) is 5.75 Å². The summed E-state index contributed by atoms with van der Waals surface area (Å²) < 4.78 is 5.03. The minimum atomic E-state index is -0.460. The first-order chi connectivity index (χ1) is 6.63. The first-order valence-corrected chi connectivity index (χ1v) is 4.60. The third-order valence-corrected chi connectivity index (χ3v) is 2.04. The Hall–Kier alpha value is -1.28. The highest BCUT2D eigenvalue weighted by atomic mass is 16.5. The second-order valence-corrected chi connectivity index (χ2v) is 3.45. The van der Waals surface area contributed by atoms with E-state index in [9.17, 15) is 5.11 Å². The Morgan fingerprint density at radius 3 is 2.43 bits per heavy atom. The van der Waals surface area contributed by atoms with Gasteiger partial charge in [-0.15, -0.1) is 6.58 Å². The lowest BCUT2D eigenvalue weighted by Gasteiger charge is -2.11. The van der Waals surface area contributed by atoms with Crippen molar-refractivity contribution in [3.8, 4) is 5.75 Å². The molecule has 0 bridgehead atoms. The maximum Gasteiger partial charge on any atom is 0.118 e. The number of methoxy groups -OCH3 is 1. The molecule has 0 aliphatic heterocycles. The van der Waals surface area contributed by atoms with Crippen LogP contribution in [0.4, 0.5) is 0 Å². The summed E-state index contributed by atoms with van der Waals surface area (Å²) in [4.78, 5) is 0. The van der Waals surface area contributed by atoms with Gasteiger partial charge in [0.1, 0.15) is 5.75 Å². The van der Waals surface area contributed by atoms with Gasteiger partial charge in [-0.25, -0.2) is 0 Å². The fourth-order valence-electron chi connectivity index (χ4n) is 1.27. The minimum Gasteiger partial charge on any atom is -0.497 e. The smallest absolute Gasteiger partial charge is 0.118 e. The van der Waals surface area contributed by atoms with Crippen LogP contribution in [0.15, 0.2) is 36.4 Å². The van der Waals surface area contributed by atoms with Crippen molar-refractivity contribution < 1.29 is 9.84 Å². The van der Waals surface area contributed by atoms with E-state index in [1.807, 2.05) is 31.2 Å². The standard InChI is InChI=1S/C12H16O2/c1-9(2)8-12(13)10-4-6-11(14-3)7-5-10/h4-7,12-13H,1,8H2,2-3H3/t12-/m0/s1. The highest BCUT2D eigenvalue weighted by Crippen LogP contribution is 2.22. The van der Waals surface area contributed by atoms with E-state index in [2.05, 4.69) is 6.58 Å². The first kappa shape index (κ1) is 10.8. The Kier molecular flexibility index (Phi) is 3.72. The van der Waals surface area contributed by atoms with Crippen LogP contribution < -0.4 is 4.74 Å². The maximum absolute atomic E-state index is 9.75. The van der Waals surface area contributed by atoms with Crippen molar-refractivity contribution in [1.82, 2.24) is 0 Å². The Bertz CT molecular complexity index is 301. The van der Waals surface area contributed by atoms with Crippen molar-refractivity contribution in [2.24, 2.45) is 0 Å². The third-order valence-electron chi connectivity index (χ3n) is 2.04. The molecule has 0 radical (unpaired) electrons. The molecule has 0 unspecified atom stereocenters. The van der Waals surface area contributed by atoms with Crippen LogP contribution in [0, 0.1) is 0 Å². The van der Waals surface area contributed by atoms with E-state index >= 15 is 0 Å². The van der Waals surface area contributed by atoms with Gasteiger partial charge in [-0.2, -0.15) is 0 Å².